The second kappa shape index (κ2) is 8.16. The van der Waals surface area contributed by atoms with Gasteiger partial charge in [0.2, 0.25) is 5.88 Å². The van der Waals surface area contributed by atoms with Gasteiger partial charge < -0.3 is 4.74 Å². The number of hydrogen-bond donors (Lipinski definition) is 0. The Morgan fingerprint density at radius 1 is 1.24 bits per heavy atom. The van der Waals surface area contributed by atoms with E-state index >= 15 is 0 Å². The summed E-state index contributed by atoms with van der Waals surface area (Å²) in [4.78, 5) is 23.2. The van der Waals surface area contributed by atoms with Crippen molar-refractivity contribution in [3.05, 3.63) is 53.7 Å². The van der Waals surface area contributed by atoms with Gasteiger partial charge in [-0.2, -0.15) is 0 Å². The van der Waals surface area contributed by atoms with Gasteiger partial charge in [0.1, 0.15) is 17.3 Å². The molecule has 0 unspecified atom stereocenters. The number of halogens is 1. The first-order valence-electron chi connectivity index (χ1n) is 8.49. The number of carbonyl (C=O) groups is 1. The van der Waals surface area contributed by atoms with E-state index < -0.39 is 0 Å². The molecule has 6 heteroatoms. The largest absolute Gasteiger partial charge is 0.480 e. The third kappa shape index (κ3) is 4.39. The first kappa shape index (κ1) is 17.5. The van der Waals surface area contributed by atoms with Gasteiger partial charge >= 0.3 is 0 Å². The molecular weight excluding hydrogens is 321 g/mol. The van der Waals surface area contributed by atoms with E-state index in [2.05, 4.69) is 14.9 Å². The number of carbonyl (C=O) groups excluding carboxylic acids is 1. The number of likely N-dealkylation sites (tertiary alicyclic amines) is 1. The van der Waals surface area contributed by atoms with Crippen LogP contribution in [-0.4, -0.2) is 40.9 Å². The Bertz CT molecular complexity index is 730. The van der Waals surface area contributed by atoms with E-state index in [4.69, 9.17) is 4.74 Å². The van der Waals surface area contributed by atoms with E-state index in [1.54, 1.807) is 37.7 Å². The fraction of sp³-hybridized carbons (Fsp3) is 0.421. The van der Waals surface area contributed by atoms with E-state index in [9.17, 15) is 9.18 Å². The minimum atomic E-state index is -0.303. The minimum absolute atomic E-state index is 0.000362. The number of ketones is 1. The summed E-state index contributed by atoms with van der Waals surface area (Å²) in [6, 6.07) is 6.49. The number of ether oxygens (including phenoxy) is 1. The van der Waals surface area contributed by atoms with Crippen LogP contribution in [-0.2, 0) is 17.8 Å². The van der Waals surface area contributed by atoms with Crippen molar-refractivity contribution in [2.24, 2.45) is 5.92 Å². The van der Waals surface area contributed by atoms with Gasteiger partial charge in [0.05, 0.1) is 7.11 Å². The summed E-state index contributed by atoms with van der Waals surface area (Å²) in [5.74, 6) is 0.365. The lowest BCUT2D eigenvalue weighted by atomic mass is 9.89. The minimum Gasteiger partial charge on any atom is -0.480 e. The van der Waals surface area contributed by atoms with E-state index in [1.165, 1.54) is 6.07 Å². The topological polar surface area (TPSA) is 55.3 Å². The zero-order valence-corrected chi connectivity index (χ0v) is 14.3. The number of piperidine rings is 1. The maximum Gasteiger partial charge on any atom is 0.236 e. The molecule has 1 aliphatic rings. The Morgan fingerprint density at radius 3 is 2.68 bits per heavy atom. The first-order valence-corrected chi connectivity index (χ1v) is 8.49. The van der Waals surface area contributed by atoms with Crippen LogP contribution in [0.3, 0.4) is 0 Å². The summed E-state index contributed by atoms with van der Waals surface area (Å²) < 4.78 is 18.9. The van der Waals surface area contributed by atoms with Crippen LogP contribution in [0, 0.1) is 11.7 Å². The maximum atomic E-state index is 13.7. The number of hydrogen-bond acceptors (Lipinski definition) is 5. The lowest BCUT2D eigenvalue weighted by molar-refractivity contribution is -0.123. The smallest absolute Gasteiger partial charge is 0.236 e. The molecule has 0 bridgehead atoms. The molecule has 0 amide bonds. The SMILES string of the molecule is COc1nccnc1CN1CCC(C(=O)Cc2ccccc2F)CC1. The third-order valence-corrected chi connectivity index (χ3v) is 4.67. The summed E-state index contributed by atoms with van der Waals surface area (Å²) in [6.45, 7) is 2.28. The molecule has 1 aliphatic heterocycles. The quantitative estimate of drug-likeness (QED) is 0.807. The molecule has 1 saturated heterocycles. The van der Waals surface area contributed by atoms with Gasteiger partial charge in [0.25, 0.3) is 0 Å². The van der Waals surface area contributed by atoms with Crippen molar-refractivity contribution >= 4 is 5.78 Å². The Balaban J connectivity index is 1.53. The number of nitrogens with zero attached hydrogens (tertiary/aromatic N) is 3. The predicted octanol–water partition coefficient (Wildman–Crippen LogP) is 2.65. The lowest BCUT2D eigenvalue weighted by Crippen LogP contribution is -2.36. The monoisotopic (exact) mass is 343 g/mol. The molecule has 132 valence electrons. The van der Waals surface area contributed by atoms with Crippen molar-refractivity contribution in [3.8, 4) is 5.88 Å². The Morgan fingerprint density at radius 2 is 1.96 bits per heavy atom. The number of Topliss-reactive ketones (excluding diaryl/α,β-unsaturated/α-hetero) is 1. The molecule has 25 heavy (non-hydrogen) atoms. The summed E-state index contributed by atoms with van der Waals surface area (Å²) >= 11 is 0. The number of aromatic nitrogens is 2. The van der Waals surface area contributed by atoms with Gasteiger partial charge in [-0.05, 0) is 37.6 Å². The van der Waals surface area contributed by atoms with Crippen LogP contribution in [0.1, 0.15) is 24.1 Å². The molecule has 2 heterocycles. The van der Waals surface area contributed by atoms with Crippen LogP contribution < -0.4 is 4.74 Å². The molecule has 1 aromatic carbocycles. The highest BCUT2D eigenvalue weighted by Gasteiger charge is 2.26. The van der Waals surface area contributed by atoms with Crippen molar-refractivity contribution in [1.29, 1.82) is 0 Å². The highest BCUT2D eigenvalue weighted by Crippen LogP contribution is 2.23. The summed E-state index contributed by atoms with van der Waals surface area (Å²) in [7, 11) is 1.58. The van der Waals surface area contributed by atoms with Crippen LogP contribution in [0.4, 0.5) is 4.39 Å². The van der Waals surface area contributed by atoms with Crippen molar-refractivity contribution in [3.63, 3.8) is 0 Å². The molecule has 0 spiro atoms. The van der Waals surface area contributed by atoms with Gasteiger partial charge in [-0.15, -0.1) is 0 Å². The maximum absolute atomic E-state index is 13.7. The van der Waals surface area contributed by atoms with Crippen LogP contribution >= 0.6 is 0 Å². The molecule has 1 aromatic heterocycles. The molecule has 0 aliphatic carbocycles. The molecule has 1 fully saturated rings. The predicted molar refractivity (Wildman–Crippen MR) is 91.7 cm³/mol. The lowest BCUT2D eigenvalue weighted by Gasteiger charge is -2.31. The van der Waals surface area contributed by atoms with Crippen LogP contribution in [0.5, 0.6) is 5.88 Å². The number of benzene rings is 1. The molecular formula is C19H22FN3O2. The van der Waals surface area contributed by atoms with Crippen molar-refractivity contribution in [2.45, 2.75) is 25.8 Å². The van der Waals surface area contributed by atoms with E-state index in [0.717, 1.165) is 31.6 Å². The fourth-order valence-electron chi connectivity index (χ4n) is 3.23. The van der Waals surface area contributed by atoms with Crippen LogP contribution in [0.25, 0.3) is 0 Å². The molecule has 5 nitrogen and oxygen atoms in total. The van der Waals surface area contributed by atoms with Crippen LogP contribution in [0.15, 0.2) is 36.7 Å². The average Bonchev–Trinajstić information content (AvgIpc) is 2.64. The second-order valence-electron chi connectivity index (χ2n) is 6.30. The molecule has 2 aromatic rings. The highest BCUT2D eigenvalue weighted by molar-refractivity contribution is 5.83. The van der Waals surface area contributed by atoms with Gasteiger partial charge in [-0.25, -0.2) is 9.37 Å². The van der Waals surface area contributed by atoms with E-state index in [0.29, 0.717) is 18.0 Å². The van der Waals surface area contributed by atoms with Gasteiger partial charge in [-0.1, -0.05) is 18.2 Å². The van der Waals surface area contributed by atoms with Crippen molar-refractivity contribution in [2.75, 3.05) is 20.2 Å². The second-order valence-corrected chi connectivity index (χ2v) is 6.30. The highest BCUT2D eigenvalue weighted by atomic mass is 19.1. The third-order valence-electron chi connectivity index (χ3n) is 4.67. The van der Waals surface area contributed by atoms with Gasteiger partial charge in [-0.3, -0.25) is 14.7 Å². The zero-order chi connectivity index (χ0) is 17.6. The molecule has 0 atom stereocenters. The standard InChI is InChI=1S/C19H22FN3O2/c1-25-19-17(21-8-9-22-19)13-23-10-6-14(7-11-23)18(24)12-15-4-2-3-5-16(15)20/h2-5,8-9,14H,6-7,10-13H2,1H3. The summed E-state index contributed by atoms with van der Waals surface area (Å²) in [6.07, 6.45) is 5.01. The van der Waals surface area contributed by atoms with Crippen molar-refractivity contribution in [1.82, 2.24) is 14.9 Å². The van der Waals surface area contributed by atoms with E-state index in [1.807, 2.05) is 0 Å². The van der Waals surface area contributed by atoms with Crippen LogP contribution in [0.2, 0.25) is 0 Å². The van der Waals surface area contributed by atoms with Crippen molar-refractivity contribution < 1.29 is 13.9 Å². The first-order chi connectivity index (χ1) is 12.2. The zero-order valence-electron chi connectivity index (χ0n) is 14.3. The van der Waals surface area contributed by atoms with E-state index in [-0.39, 0.29) is 23.9 Å². The Kier molecular flexibility index (Phi) is 5.71. The Labute approximate surface area is 146 Å². The van der Waals surface area contributed by atoms with Gasteiger partial charge in [0, 0.05) is 31.3 Å². The normalized spacial score (nSPS) is 15.9. The summed E-state index contributed by atoms with van der Waals surface area (Å²) in [5.41, 5.74) is 1.29. The molecule has 0 radical (unpaired) electrons. The Hall–Kier alpha value is -2.34. The molecule has 3 rings (SSSR count). The molecule has 0 saturated carbocycles. The fourth-order valence-corrected chi connectivity index (χ4v) is 3.23. The van der Waals surface area contributed by atoms with Gasteiger partial charge in [0.15, 0.2) is 0 Å². The number of methoxy groups -OCH3 is 1. The average molecular weight is 343 g/mol. The molecule has 0 N–H and O–H groups in total. The number of rotatable bonds is 6. The summed E-state index contributed by atoms with van der Waals surface area (Å²) in [5, 5.41) is 0.